The zero-order chi connectivity index (χ0) is 19.2. The molecule has 0 aliphatic rings. The highest BCUT2D eigenvalue weighted by Gasteiger charge is 2.11. The van der Waals surface area contributed by atoms with Gasteiger partial charge in [-0.1, -0.05) is 41.9 Å². The number of hydrogen-bond donors (Lipinski definition) is 2. The number of rotatable bonds is 6. The van der Waals surface area contributed by atoms with Crippen LogP contribution in [0.2, 0.25) is 5.02 Å². The van der Waals surface area contributed by atoms with Gasteiger partial charge in [0.25, 0.3) is 5.91 Å². The van der Waals surface area contributed by atoms with E-state index in [1.54, 1.807) is 25.1 Å². The van der Waals surface area contributed by atoms with E-state index in [2.05, 4.69) is 20.6 Å². The summed E-state index contributed by atoms with van der Waals surface area (Å²) < 4.78 is 12.9. The lowest BCUT2D eigenvalue weighted by atomic mass is 10.2. The Morgan fingerprint density at radius 2 is 1.81 bits per heavy atom. The standard InChI is InChI=1S/C20H18ClFN4O/c1-13-10-18(19(27)23-11-14-6-8-16(22)9-7-14)26-20(25-13)24-12-15-4-2-3-5-17(15)21/h2-10H,11-12H2,1H3,(H,23,27)(H,24,25,26). The van der Waals surface area contributed by atoms with Crippen LogP contribution in [-0.4, -0.2) is 15.9 Å². The van der Waals surface area contributed by atoms with Gasteiger partial charge in [-0.05, 0) is 42.3 Å². The molecule has 1 aromatic heterocycles. The average molecular weight is 385 g/mol. The Hall–Kier alpha value is -2.99. The van der Waals surface area contributed by atoms with E-state index in [9.17, 15) is 9.18 Å². The van der Waals surface area contributed by atoms with E-state index in [0.29, 0.717) is 23.2 Å². The topological polar surface area (TPSA) is 66.9 Å². The van der Waals surface area contributed by atoms with Gasteiger partial charge in [-0.3, -0.25) is 4.79 Å². The lowest BCUT2D eigenvalue weighted by Gasteiger charge is -2.10. The molecule has 5 nitrogen and oxygen atoms in total. The molecule has 138 valence electrons. The van der Waals surface area contributed by atoms with E-state index >= 15 is 0 Å². The molecule has 2 aromatic carbocycles. The van der Waals surface area contributed by atoms with Gasteiger partial charge >= 0.3 is 0 Å². The number of halogens is 2. The third-order valence-corrected chi connectivity index (χ3v) is 4.22. The van der Waals surface area contributed by atoms with Crippen LogP contribution >= 0.6 is 11.6 Å². The van der Waals surface area contributed by atoms with Crippen molar-refractivity contribution in [2.24, 2.45) is 0 Å². The first-order valence-electron chi connectivity index (χ1n) is 8.37. The summed E-state index contributed by atoms with van der Waals surface area (Å²) in [6.45, 7) is 2.52. The van der Waals surface area contributed by atoms with Gasteiger partial charge < -0.3 is 10.6 Å². The summed E-state index contributed by atoms with van der Waals surface area (Å²) in [5.74, 6) is -0.293. The molecule has 0 bridgehead atoms. The van der Waals surface area contributed by atoms with Crippen molar-refractivity contribution in [2.75, 3.05) is 5.32 Å². The Kier molecular flexibility index (Phi) is 5.98. The van der Waals surface area contributed by atoms with Crippen molar-refractivity contribution in [1.29, 1.82) is 0 Å². The van der Waals surface area contributed by atoms with Crippen molar-refractivity contribution in [1.82, 2.24) is 15.3 Å². The quantitative estimate of drug-likeness (QED) is 0.671. The third-order valence-electron chi connectivity index (χ3n) is 3.85. The molecule has 0 aliphatic carbocycles. The van der Waals surface area contributed by atoms with Crippen LogP contribution in [0.3, 0.4) is 0 Å². The maximum absolute atomic E-state index is 12.9. The van der Waals surface area contributed by atoms with Crippen LogP contribution in [0.1, 0.15) is 27.3 Å². The number of carbonyl (C=O) groups excluding carboxylic acids is 1. The largest absolute Gasteiger partial charge is 0.350 e. The van der Waals surface area contributed by atoms with E-state index in [-0.39, 0.29) is 24.0 Å². The van der Waals surface area contributed by atoms with Crippen LogP contribution in [0.15, 0.2) is 54.6 Å². The van der Waals surface area contributed by atoms with Gasteiger partial charge in [-0.2, -0.15) is 0 Å². The smallest absolute Gasteiger partial charge is 0.270 e. The minimum atomic E-state index is -0.328. The summed E-state index contributed by atoms with van der Waals surface area (Å²) in [4.78, 5) is 21.0. The second-order valence-electron chi connectivity index (χ2n) is 5.97. The minimum absolute atomic E-state index is 0.256. The molecule has 3 rings (SSSR count). The van der Waals surface area contributed by atoms with Crippen molar-refractivity contribution in [3.8, 4) is 0 Å². The highest BCUT2D eigenvalue weighted by atomic mass is 35.5. The highest BCUT2D eigenvalue weighted by molar-refractivity contribution is 6.31. The van der Waals surface area contributed by atoms with Gasteiger partial charge in [0, 0.05) is 23.8 Å². The summed E-state index contributed by atoms with van der Waals surface area (Å²) in [6, 6.07) is 15.0. The van der Waals surface area contributed by atoms with Crippen molar-refractivity contribution in [2.45, 2.75) is 20.0 Å². The number of nitrogens with one attached hydrogen (secondary N) is 2. The molecule has 0 fully saturated rings. The van der Waals surface area contributed by atoms with Crippen LogP contribution in [0, 0.1) is 12.7 Å². The highest BCUT2D eigenvalue weighted by Crippen LogP contribution is 2.16. The van der Waals surface area contributed by atoms with Gasteiger partial charge in [0.05, 0.1) is 0 Å². The Morgan fingerprint density at radius 1 is 1.07 bits per heavy atom. The molecule has 0 radical (unpaired) electrons. The minimum Gasteiger partial charge on any atom is -0.350 e. The number of carbonyl (C=O) groups is 1. The van der Waals surface area contributed by atoms with Gasteiger partial charge in [0.1, 0.15) is 11.5 Å². The van der Waals surface area contributed by atoms with Crippen LogP contribution < -0.4 is 10.6 Å². The van der Waals surface area contributed by atoms with Crippen LogP contribution in [0.4, 0.5) is 10.3 Å². The summed E-state index contributed by atoms with van der Waals surface area (Å²) >= 11 is 6.14. The second-order valence-corrected chi connectivity index (χ2v) is 6.38. The Labute approximate surface area is 161 Å². The predicted octanol–water partition coefficient (Wildman–Crippen LogP) is 4.12. The first kappa shape index (κ1) is 18.8. The normalized spacial score (nSPS) is 10.5. The van der Waals surface area contributed by atoms with Crippen molar-refractivity contribution >= 4 is 23.5 Å². The summed E-state index contributed by atoms with van der Waals surface area (Å²) in [6.07, 6.45) is 0. The predicted molar refractivity (Wildman–Crippen MR) is 103 cm³/mol. The Balaban J connectivity index is 1.66. The van der Waals surface area contributed by atoms with Crippen molar-refractivity contribution in [3.63, 3.8) is 0 Å². The van der Waals surface area contributed by atoms with E-state index in [1.807, 2.05) is 24.3 Å². The van der Waals surface area contributed by atoms with Gasteiger partial charge in [0.15, 0.2) is 0 Å². The number of benzene rings is 2. The maximum atomic E-state index is 12.9. The Bertz CT molecular complexity index is 947. The molecule has 0 saturated heterocycles. The molecular weight excluding hydrogens is 367 g/mol. The van der Waals surface area contributed by atoms with Crippen LogP contribution in [0.5, 0.6) is 0 Å². The molecule has 7 heteroatoms. The second kappa shape index (κ2) is 8.60. The molecule has 0 saturated carbocycles. The molecular formula is C20H18ClFN4O. The molecule has 0 spiro atoms. The molecule has 3 aromatic rings. The number of aromatic nitrogens is 2. The Morgan fingerprint density at radius 3 is 2.56 bits per heavy atom. The van der Waals surface area contributed by atoms with Crippen LogP contribution in [-0.2, 0) is 13.1 Å². The van der Waals surface area contributed by atoms with Crippen molar-refractivity contribution < 1.29 is 9.18 Å². The fraction of sp³-hybridized carbons (Fsp3) is 0.150. The van der Waals surface area contributed by atoms with E-state index in [0.717, 1.165) is 11.1 Å². The first-order valence-corrected chi connectivity index (χ1v) is 8.74. The average Bonchev–Trinajstić information content (AvgIpc) is 2.66. The molecule has 0 atom stereocenters. The molecule has 2 N–H and O–H groups in total. The van der Waals surface area contributed by atoms with Gasteiger partial charge in [-0.15, -0.1) is 0 Å². The zero-order valence-electron chi connectivity index (χ0n) is 14.7. The van der Waals surface area contributed by atoms with E-state index in [1.165, 1.54) is 12.1 Å². The lowest BCUT2D eigenvalue weighted by Crippen LogP contribution is -2.24. The molecule has 0 aliphatic heterocycles. The molecule has 1 heterocycles. The number of aryl methyl sites for hydroxylation is 1. The van der Waals surface area contributed by atoms with Gasteiger partial charge in [0.2, 0.25) is 5.95 Å². The number of hydrogen-bond acceptors (Lipinski definition) is 4. The lowest BCUT2D eigenvalue weighted by molar-refractivity contribution is 0.0945. The summed E-state index contributed by atoms with van der Waals surface area (Å²) in [5.41, 5.74) is 2.63. The molecule has 1 amide bonds. The molecule has 0 unspecified atom stereocenters. The fourth-order valence-corrected chi connectivity index (χ4v) is 2.66. The van der Waals surface area contributed by atoms with Gasteiger partial charge in [-0.25, -0.2) is 14.4 Å². The first-order chi connectivity index (χ1) is 13.0. The SMILES string of the molecule is Cc1cc(C(=O)NCc2ccc(F)cc2)nc(NCc2ccccc2Cl)n1. The number of nitrogens with zero attached hydrogens (tertiary/aromatic N) is 2. The third kappa shape index (κ3) is 5.24. The monoisotopic (exact) mass is 384 g/mol. The number of amides is 1. The fourth-order valence-electron chi connectivity index (χ4n) is 2.46. The maximum Gasteiger partial charge on any atom is 0.270 e. The van der Waals surface area contributed by atoms with E-state index < -0.39 is 0 Å². The molecule has 27 heavy (non-hydrogen) atoms. The van der Waals surface area contributed by atoms with Crippen LogP contribution in [0.25, 0.3) is 0 Å². The van der Waals surface area contributed by atoms with E-state index in [4.69, 9.17) is 11.6 Å². The summed E-state index contributed by atoms with van der Waals surface area (Å²) in [7, 11) is 0. The summed E-state index contributed by atoms with van der Waals surface area (Å²) in [5, 5.41) is 6.51. The zero-order valence-corrected chi connectivity index (χ0v) is 15.4. The van der Waals surface area contributed by atoms with Crippen molar-refractivity contribution in [3.05, 3.63) is 88.0 Å². The number of anilines is 1.